The molecule has 2 rings (SSSR count). The van der Waals surface area contributed by atoms with Gasteiger partial charge in [0.05, 0.1) is 0 Å². The average molecular weight is 235 g/mol. The van der Waals surface area contributed by atoms with E-state index in [0.717, 1.165) is 6.42 Å². The molecular formula is C11H10NSe+. The normalized spacial score (nSPS) is 10.2. The van der Waals surface area contributed by atoms with Crippen molar-refractivity contribution < 1.29 is 3.56 Å². The van der Waals surface area contributed by atoms with Crippen molar-refractivity contribution in [3.05, 3.63) is 30.0 Å². The summed E-state index contributed by atoms with van der Waals surface area (Å²) in [4.78, 5) is 0. The number of nitrogens with zero attached hydrogens (tertiary/aromatic N) is 1. The number of aryl methyl sites for hydroxylation is 1. The van der Waals surface area contributed by atoms with Crippen LogP contribution in [0.5, 0.6) is 0 Å². The molecule has 0 N–H and O–H groups in total. The molecule has 64 valence electrons. The maximum atomic E-state index is 5.34. The van der Waals surface area contributed by atoms with E-state index in [1.807, 2.05) is 0 Å². The van der Waals surface area contributed by atoms with Gasteiger partial charge in [-0.3, -0.25) is 0 Å². The van der Waals surface area contributed by atoms with E-state index in [0.29, 0.717) is 14.7 Å². The second-order valence-electron chi connectivity index (χ2n) is 2.91. The Bertz CT molecular complexity index is 476. The molecule has 0 fully saturated rings. The van der Waals surface area contributed by atoms with Gasteiger partial charge in [-0.2, -0.15) is 0 Å². The second kappa shape index (κ2) is 3.38. The Hall–Kier alpha value is -1.03. The summed E-state index contributed by atoms with van der Waals surface area (Å²) < 4.78 is 3.74. The van der Waals surface area contributed by atoms with E-state index in [2.05, 4.69) is 40.8 Å². The zero-order valence-corrected chi connectivity index (χ0v) is 9.16. The van der Waals surface area contributed by atoms with Crippen molar-refractivity contribution in [1.29, 1.82) is 0 Å². The molecular weight excluding hydrogens is 225 g/mol. The first kappa shape index (κ1) is 8.56. The van der Waals surface area contributed by atoms with E-state index in [-0.39, 0.29) is 0 Å². The molecule has 0 amide bonds. The first-order valence-corrected chi connectivity index (χ1v) is 5.75. The van der Waals surface area contributed by atoms with Gasteiger partial charge in [-0.15, -0.1) is 0 Å². The van der Waals surface area contributed by atoms with Crippen LogP contribution < -0.4 is 3.56 Å². The number of benzene rings is 1. The molecule has 2 heteroatoms. The van der Waals surface area contributed by atoms with Gasteiger partial charge < -0.3 is 0 Å². The van der Waals surface area contributed by atoms with E-state index in [4.69, 9.17) is 6.42 Å². The Morgan fingerprint density at radius 2 is 2.23 bits per heavy atom. The molecule has 0 saturated carbocycles. The van der Waals surface area contributed by atoms with E-state index >= 15 is 0 Å². The quantitative estimate of drug-likeness (QED) is 0.510. The number of terminal acetylenes is 1. The zero-order chi connectivity index (χ0) is 9.26. The number of rotatable bonds is 1. The minimum atomic E-state index is 0.433. The molecule has 1 aromatic carbocycles. The van der Waals surface area contributed by atoms with Gasteiger partial charge in [-0.25, -0.2) is 0 Å². The van der Waals surface area contributed by atoms with Crippen LogP contribution in [-0.2, 0) is 13.5 Å². The van der Waals surface area contributed by atoms with Crippen LogP contribution in [0, 0.1) is 12.3 Å². The van der Waals surface area contributed by atoms with Gasteiger partial charge in [0.2, 0.25) is 0 Å². The van der Waals surface area contributed by atoms with Crippen LogP contribution in [-0.4, -0.2) is 14.7 Å². The fourth-order valence-corrected chi connectivity index (χ4v) is 3.54. The molecule has 0 radical (unpaired) electrons. The third-order valence-corrected chi connectivity index (χ3v) is 4.28. The van der Waals surface area contributed by atoms with Crippen LogP contribution >= 0.6 is 0 Å². The molecule has 2 aromatic rings. The van der Waals surface area contributed by atoms with E-state index < -0.39 is 0 Å². The first-order chi connectivity index (χ1) is 6.33. The van der Waals surface area contributed by atoms with Gasteiger partial charge in [0.25, 0.3) is 0 Å². The van der Waals surface area contributed by atoms with Crippen LogP contribution in [0.15, 0.2) is 24.3 Å². The van der Waals surface area contributed by atoms with Crippen molar-refractivity contribution in [1.82, 2.24) is 0 Å². The predicted molar refractivity (Wildman–Crippen MR) is 54.6 cm³/mol. The Morgan fingerprint density at radius 1 is 1.46 bits per heavy atom. The van der Waals surface area contributed by atoms with Gasteiger partial charge >= 0.3 is 83.7 Å². The maximum absolute atomic E-state index is 5.34. The summed E-state index contributed by atoms with van der Waals surface area (Å²) in [6.07, 6.45) is 6.08. The Kier molecular flexibility index (Phi) is 2.22. The summed E-state index contributed by atoms with van der Waals surface area (Å²) in [5, 5.41) is 1.35. The van der Waals surface area contributed by atoms with Gasteiger partial charge in [0.1, 0.15) is 0 Å². The number of hydrogen-bond acceptors (Lipinski definition) is 0. The predicted octanol–water partition coefficient (Wildman–Crippen LogP) is 0.897. The Labute approximate surface area is 84.0 Å². The SMILES string of the molecule is C#CCc1c2ccccc2[se][n+]1C. The summed E-state index contributed by atoms with van der Waals surface area (Å²) in [6, 6.07) is 8.51. The molecule has 0 spiro atoms. The Morgan fingerprint density at radius 3 is 3.00 bits per heavy atom. The number of aromatic nitrogens is 1. The molecule has 0 aliphatic carbocycles. The molecule has 1 heterocycles. The van der Waals surface area contributed by atoms with Gasteiger partial charge in [0, 0.05) is 0 Å². The third kappa shape index (κ3) is 1.42. The summed E-state index contributed by atoms with van der Waals surface area (Å²) in [5.41, 5.74) is 1.30. The molecule has 0 aliphatic rings. The van der Waals surface area contributed by atoms with Crippen molar-refractivity contribution in [2.75, 3.05) is 0 Å². The summed E-state index contributed by atoms with van der Waals surface area (Å²) >= 11 is 0.433. The minimum absolute atomic E-state index is 0.433. The molecule has 0 saturated heterocycles. The van der Waals surface area contributed by atoms with Crippen molar-refractivity contribution in [3.8, 4) is 12.3 Å². The summed E-state index contributed by atoms with van der Waals surface area (Å²) in [6.45, 7) is 0. The van der Waals surface area contributed by atoms with Gasteiger partial charge in [0.15, 0.2) is 0 Å². The molecule has 0 unspecified atom stereocenters. The van der Waals surface area contributed by atoms with Crippen LogP contribution in [0.2, 0.25) is 0 Å². The van der Waals surface area contributed by atoms with Crippen molar-refractivity contribution in [3.63, 3.8) is 0 Å². The second-order valence-corrected chi connectivity index (χ2v) is 5.37. The van der Waals surface area contributed by atoms with Crippen molar-refractivity contribution in [2.45, 2.75) is 6.42 Å². The fraction of sp³-hybridized carbons (Fsp3) is 0.182. The summed E-state index contributed by atoms with van der Waals surface area (Å²) in [7, 11) is 2.12. The fourth-order valence-electron chi connectivity index (χ4n) is 1.46. The van der Waals surface area contributed by atoms with Crippen LogP contribution in [0.4, 0.5) is 0 Å². The van der Waals surface area contributed by atoms with E-state index in [1.54, 1.807) is 0 Å². The average Bonchev–Trinajstić information content (AvgIpc) is 2.44. The molecule has 0 bridgehead atoms. The molecule has 1 aromatic heterocycles. The molecule has 13 heavy (non-hydrogen) atoms. The van der Waals surface area contributed by atoms with E-state index in [9.17, 15) is 0 Å². The molecule has 0 atom stereocenters. The Balaban J connectivity index is 2.73. The van der Waals surface area contributed by atoms with Crippen molar-refractivity contribution >= 4 is 24.4 Å². The first-order valence-electron chi connectivity index (χ1n) is 4.13. The third-order valence-electron chi connectivity index (χ3n) is 2.08. The van der Waals surface area contributed by atoms with Crippen LogP contribution in [0.1, 0.15) is 5.69 Å². The standard InChI is InChI=1S/C11H10NSe/c1-3-6-10-9-7-4-5-8-11(9)13-12(10)2/h1,4-5,7-8H,6H2,2H3/q+1. The van der Waals surface area contributed by atoms with Crippen LogP contribution in [0.25, 0.3) is 9.65 Å². The van der Waals surface area contributed by atoms with Crippen LogP contribution in [0.3, 0.4) is 0 Å². The zero-order valence-electron chi connectivity index (χ0n) is 7.45. The topological polar surface area (TPSA) is 3.88 Å². The number of hydrogen-bond donors (Lipinski definition) is 0. The van der Waals surface area contributed by atoms with E-state index in [1.165, 1.54) is 15.3 Å². The molecule has 0 aliphatic heterocycles. The monoisotopic (exact) mass is 236 g/mol. The van der Waals surface area contributed by atoms with Gasteiger partial charge in [-0.1, -0.05) is 0 Å². The summed E-state index contributed by atoms with van der Waals surface area (Å²) in [5.74, 6) is 2.71. The van der Waals surface area contributed by atoms with Crippen molar-refractivity contribution in [2.24, 2.45) is 7.05 Å². The molecule has 1 nitrogen and oxygen atoms in total. The number of fused-ring (bicyclic) bond motifs is 1. The van der Waals surface area contributed by atoms with Gasteiger partial charge in [-0.05, 0) is 0 Å².